The van der Waals surface area contributed by atoms with E-state index in [-0.39, 0.29) is 22.4 Å². The summed E-state index contributed by atoms with van der Waals surface area (Å²) < 4.78 is 74.4. The highest BCUT2D eigenvalue weighted by atomic mass is 35.5. The van der Waals surface area contributed by atoms with E-state index in [4.69, 9.17) is 16.3 Å². The second kappa shape index (κ2) is 14.1. The number of sulfonamides is 1. The molecule has 3 aromatic rings. The van der Waals surface area contributed by atoms with Crippen LogP contribution in [0.5, 0.6) is 5.75 Å². The number of nitrogens with zero attached hydrogens (tertiary/aromatic N) is 2. The lowest BCUT2D eigenvalue weighted by atomic mass is 10.1. The van der Waals surface area contributed by atoms with Crippen molar-refractivity contribution in [2.24, 2.45) is 5.92 Å². The lowest BCUT2D eigenvalue weighted by molar-refractivity contribution is -0.139. The molecule has 232 valence electrons. The van der Waals surface area contributed by atoms with Crippen molar-refractivity contribution in [1.29, 1.82) is 0 Å². The summed E-state index contributed by atoms with van der Waals surface area (Å²) in [6.45, 7) is 4.59. The highest BCUT2D eigenvalue weighted by molar-refractivity contribution is 7.92. The normalized spacial score (nSPS) is 12.5. The van der Waals surface area contributed by atoms with Crippen LogP contribution in [0.25, 0.3) is 0 Å². The number of ether oxygens (including phenoxy) is 1. The number of anilines is 1. The quantitative estimate of drug-likeness (QED) is 0.272. The van der Waals surface area contributed by atoms with Gasteiger partial charge in [-0.25, -0.2) is 8.42 Å². The van der Waals surface area contributed by atoms with Gasteiger partial charge in [-0.05, 0) is 60.9 Å². The Morgan fingerprint density at radius 1 is 0.977 bits per heavy atom. The third kappa shape index (κ3) is 8.64. The van der Waals surface area contributed by atoms with Gasteiger partial charge in [-0.15, -0.1) is 0 Å². The average molecular weight is 640 g/mol. The van der Waals surface area contributed by atoms with Gasteiger partial charge < -0.3 is 15.0 Å². The van der Waals surface area contributed by atoms with Gasteiger partial charge in [0, 0.05) is 13.1 Å². The van der Waals surface area contributed by atoms with E-state index >= 15 is 0 Å². The monoisotopic (exact) mass is 639 g/mol. The van der Waals surface area contributed by atoms with Gasteiger partial charge in [0.05, 0.1) is 28.3 Å². The smallest absolute Gasteiger partial charge is 0.416 e. The van der Waals surface area contributed by atoms with E-state index in [0.717, 1.165) is 12.1 Å². The second-order valence-electron chi connectivity index (χ2n) is 10.2. The fourth-order valence-corrected chi connectivity index (χ4v) is 5.79. The van der Waals surface area contributed by atoms with E-state index < -0.39 is 51.9 Å². The topological polar surface area (TPSA) is 96.0 Å². The first-order valence-electron chi connectivity index (χ1n) is 13.3. The van der Waals surface area contributed by atoms with Crippen molar-refractivity contribution in [2.75, 3.05) is 24.5 Å². The maximum Gasteiger partial charge on any atom is 0.416 e. The van der Waals surface area contributed by atoms with Crippen LogP contribution >= 0.6 is 11.6 Å². The zero-order valence-electron chi connectivity index (χ0n) is 24.1. The number of nitrogens with one attached hydrogen (secondary N) is 1. The highest BCUT2D eigenvalue weighted by Crippen LogP contribution is 2.37. The molecule has 0 aliphatic rings. The number of hydrogen-bond acceptors (Lipinski definition) is 5. The van der Waals surface area contributed by atoms with Crippen molar-refractivity contribution < 1.29 is 35.9 Å². The lowest BCUT2D eigenvalue weighted by Crippen LogP contribution is -2.51. The van der Waals surface area contributed by atoms with E-state index in [2.05, 4.69) is 5.32 Å². The Morgan fingerprint density at radius 3 is 2.16 bits per heavy atom. The van der Waals surface area contributed by atoms with Crippen LogP contribution < -0.4 is 14.4 Å². The molecule has 1 atom stereocenters. The number of hydrogen-bond donors (Lipinski definition) is 1. The van der Waals surface area contributed by atoms with Crippen LogP contribution in [0.4, 0.5) is 18.9 Å². The van der Waals surface area contributed by atoms with Crippen molar-refractivity contribution in [3.05, 3.63) is 88.9 Å². The number of carbonyl (C=O) groups is 2. The molecule has 0 unspecified atom stereocenters. The van der Waals surface area contributed by atoms with Gasteiger partial charge in [-0.2, -0.15) is 13.2 Å². The van der Waals surface area contributed by atoms with Crippen molar-refractivity contribution in [3.8, 4) is 5.75 Å². The molecule has 1 N–H and O–H groups in total. The number of carbonyl (C=O) groups excluding carboxylic acids is 2. The summed E-state index contributed by atoms with van der Waals surface area (Å²) in [6, 6.07) is 14.8. The van der Waals surface area contributed by atoms with Gasteiger partial charge in [0.15, 0.2) is 0 Å². The fraction of sp³-hybridized carbons (Fsp3) is 0.333. The first-order valence-corrected chi connectivity index (χ1v) is 15.1. The standard InChI is InChI=1S/C30H33ClF3N3O5S/c1-20(2)17-35-29(39)21(3)36(18-22-10-13-24(42-4)14-11-22)28(38)19-37(43(40,41)25-8-6-5-7-9-25)27-16-23(30(32,33)34)12-15-26(27)31/h5-16,20-21H,17-19H2,1-4H3,(H,35,39)/t21-/m1/s1. The molecule has 13 heteroatoms. The molecule has 3 rings (SSSR count). The molecule has 0 aliphatic heterocycles. The molecule has 0 saturated carbocycles. The molecule has 0 aromatic heterocycles. The third-order valence-corrected chi connectivity index (χ3v) is 8.61. The number of methoxy groups -OCH3 is 1. The van der Waals surface area contributed by atoms with Crippen LogP contribution in [0.2, 0.25) is 5.02 Å². The van der Waals surface area contributed by atoms with Crippen molar-refractivity contribution in [3.63, 3.8) is 0 Å². The predicted molar refractivity (Wildman–Crippen MR) is 158 cm³/mol. The highest BCUT2D eigenvalue weighted by Gasteiger charge is 2.36. The number of benzene rings is 3. The molecular formula is C30H33ClF3N3O5S. The van der Waals surface area contributed by atoms with E-state index in [1.807, 2.05) is 13.8 Å². The van der Waals surface area contributed by atoms with Crippen molar-refractivity contribution in [1.82, 2.24) is 10.2 Å². The summed E-state index contributed by atoms with van der Waals surface area (Å²) >= 11 is 6.27. The zero-order chi connectivity index (χ0) is 31.9. The van der Waals surface area contributed by atoms with Gasteiger partial charge in [-0.3, -0.25) is 13.9 Å². The fourth-order valence-electron chi connectivity index (χ4n) is 4.08. The Hall–Kier alpha value is -3.77. The first-order chi connectivity index (χ1) is 20.1. The van der Waals surface area contributed by atoms with Gasteiger partial charge in [0.25, 0.3) is 10.0 Å². The molecule has 0 radical (unpaired) electrons. The maximum atomic E-state index is 14.0. The molecule has 43 heavy (non-hydrogen) atoms. The van der Waals surface area contributed by atoms with Crippen LogP contribution in [0.15, 0.2) is 77.7 Å². The molecule has 0 saturated heterocycles. The molecular weight excluding hydrogens is 607 g/mol. The van der Waals surface area contributed by atoms with E-state index in [1.54, 1.807) is 30.3 Å². The maximum absolute atomic E-state index is 14.0. The van der Waals surface area contributed by atoms with E-state index in [1.165, 1.54) is 43.2 Å². The van der Waals surface area contributed by atoms with Gasteiger partial charge in [0.1, 0.15) is 18.3 Å². The summed E-state index contributed by atoms with van der Waals surface area (Å²) in [6.07, 6.45) is -4.81. The third-order valence-electron chi connectivity index (χ3n) is 6.52. The largest absolute Gasteiger partial charge is 0.497 e. The van der Waals surface area contributed by atoms with Crippen molar-refractivity contribution in [2.45, 2.75) is 44.4 Å². The first kappa shape index (κ1) is 33.7. The molecule has 0 aliphatic carbocycles. The van der Waals surface area contributed by atoms with Crippen LogP contribution in [-0.4, -0.2) is 51.4 Å². The van der Waals surface area contributed by atoms with Gasteiger partial charge >= 0.3 is 6.18 Å². The molecule has 2 amide bonds. The predicted octanol–water partition coefficient (Wildman–Crippen LogP) is 5.75. The van der Waals surface area contributed by atoms with E-state index in [9.17, 15) is 31.2 Å². The number of amides is 2. The van der Waals surface area contributed by atoms with Crippen LogP contribution in [0.1, 0.15) is 31.9 Å². The Kier molecular flexibility index (Phi) is 11.1. The Morgan fingerprint density at radius 2 is 1.60 bits per heavy atom. The summed E-state index contributed by atoms with van der Waals surface area (Å²) in [5.74, 6) is -0.638. The number of rotatable bonds is 12. The molecule has 0 heterocycles. The summed E-state index contributed by atoms with van der Waals surface area (Å²) in [5, 5.41) is 2.45. The summed E-state index contributed by atoms with van der Waals surface area (Å²) in [5.41, 5.74) is -1.08. The van der Waals surface area contributed by atoms with Crippen molar-refractivity contribution >= 4 is 39.1 Å². The SMILES string of the molecule is COc1ccc(CN(C(=O)CN(c2cc(C(F)(F)F)ccc2Cl)S(=O)(=O)c2ccccc2)[C@H](C)C(=O)NCC(C)C)cc1. The minimum atomic E-state index is -4.81. The van der Waals surface area contributed by atoms with Crippen LogP contribution in [0, 0.1) is 5.92 Å². The molecule has 3 aromatic carbocycles. The Labute approximate surface area is 254 Å². The molecule has 0 fully saturated rings. The van der Waals surface area contributed by atoms with Gasteiger partial charge in [0.2, 0.25) is 11.8 Å². The number of halogens is 4. The van der Waals surface area contributed by atoms with Gasteiger partial charge in [-0.1, -0.05) is 55.8 Å². The lowest BCUT2D eigenvalue weighted by Gasteiger charge is -2.32. The minimum Gasteiger partial charge on any atom is -0.497 e. The van der Waals surface area contributed by atoms with E-state index in [0.29, 0.717) is 28.2 Å². The zero-order valence-corrected chi connectivity index (χ0v) is 25.6. The molecule has 0 bridgehead atoms. The van der Waals surface area contributed by atoms with Crippen LogP contribution in [0.3, 0.4) is 0 Å². The summed E-state index contributed by atoms with van der Waals surface area (Å²) in [7, 11) is -3.11. The molecule has 0 spiro atoms. The Balaban J connectivity index is 2.10. The molecule has 8 nitrogen and oxygen atoms in total. The minimum absolute atomic E-state index is 0.103. The van der Waals surface area contributed by atoms with Crippen LogP contribution in [-0.2, 0) is 32.3 Å². The number of alkyl halides is 3. The second-order valence-corrected chi connectivity index (χ2v) is 12.4. The Bertz CT molecular complexity index is 1520. The average Bonchev–Trinajstić information content (AvgIpc) is 2.97. The summed E-state index contributed by atoms with van der Waals surface area (Å²) in [4.78, 5) is 27.9.